The van der Waals surface area contributed by atoms with E-state index in [-0.39, 0.29) is 11.6 Å². The standard InChI is InChI=1S/C20H19NO2/c22-19-15-8-1-2-9-16(15)20(23)18-13(6-5-10-17(18)19)12-14-7-3-4-11-21-14/h1-2,5-6,8-10,14,21H,3-4,7,11-12H2. The summed E-state index contributed by atoms with van der Waals surface area (Å²) in [5.74, 6) is -0.0461. The summed E-state index contributed by atoms with van der Waals surface area (Å²) < 4.78 is 0. The van der Waals surface area contributed by atoms with Crippen molar-refractivity contribution in [1.29, 1.82) is 0 Å². The number of nitrogens with one attached hydrogen (secondary N) is 1. The molecule has 1 heterocycles. The van der Waals surface area contributed by atoms with Crippen molar-refractivity contribution in [3.63, 3.8) is 0 Å². The lowest BCUT2D eigenvalue weighted by molar-refractivity contribution is 0.0978. The van der Waals surface area contributed by atoms with Gasteiger partial charge in [-0.3, -0.25) is 9.59 Å². The third kappa shape index (κ3) is 2.41. The van der Waals surface area contributed by atoms with Crippen molar-refractivity contribution in [2.45, 2.75) is 31.7 Å². The molecular weight excluding hydrogens is 286 g/mol. The number of ketones is 2. The molecule has 1 aliphatic heterocycles. The fourth-order valence-electron chi connectivity index (χ4n) is 3.75. The summed E-state index contributed by atoms with van der Waals surface area (Å²) in [7, 11) is 0. The molecule has 0 spiro atoms. The van der Waals surface area contributed by atoms with Gasteiger partial charge in [0.05, 0.1) is 0 Å². The Balaban J connectivity index is 1.77. The molecule has 1 atom stereocenters. The number of rotatable bonds is 2. The zero-order chi connectivity index (χ0) is 15.8. The van der Waals surface area contributed by atoms with Crippen molar-refractivity contribution < 1.29 is 9.59 Å². The summed E-state index contributed by atoms with van der Waals surface area (Å²) in [6.07, 6.45) is 4.38. The zero-order valence-corrected chi connectivity index (χ0v) is 13.0. The van der Waals surface area contributed by atoms with Crippen LogP contribution in [0.4, 0.5) is 0 Å². The van der Waals surface area contributed by atoms with Gasteiger partial charge in [-0.25, -0.2) is 0 Å². The van der Waals surface area contributed by atoms with Crippen molar-refractivity contribution >= 4 is 11.6 Å². The second kappa shape index (κ2) is 5.74. The minimum atomic E-state index is -0.0337. The van der Waals surface area contributed by atoms with Gasteiger partial charge in [0.25, 0.3) is 0 Å². The molecule has 2 aromatic rings. The lowest BCUT2D eigenvalue weighted by Gasteiger charge is -2.26. The number of hydrogen-bond acceptors (Lipinski definition) is 3. The predicted molar refractivity (Wildman–Crippen MR) is 89.1 cm³/mol. The topological polar surface area (TPSA) is 46.2 Å². The summed E-state index contributed by atoms with van der Waals surface area (Å²) >= 11 is 0. The van der Waals surface area contributed by atoms with Crippen LogP contribution in [0.15, 0.2) is 42.5 Å². The van der Waals surface area contributed by atoms with Gasteiger partial charge in [0.2, 0.25) is 0 Å². The van der Waals surface area contributed by atoms with Gasteiger partial charge in [-0.05, 0) is 31.4 Å². The predicted octanol–water partition coefficient (Wildman–Crippen LogP) is 3.15. The number of carbonyl (C=O) groups excluding carboxylic acids is 2. The van der Waals surface area contributed by atoms with Crippen molar-refractivity contribution in [2.24, 2.45) is 0 Å². The first-order chi connectivity index (χ1) is 11.3. The Kier molecular flexibility index (Phi) is 3.58. The first kappa shape index (κ1) is 14.3. The molecule has 0 bridgehead atoms. The number of piperidine rings is 1. The van der Waals surface area contributed by atoms with E-state index in [1.54, 1.807) is 18.2 Å². The minimum Gasteiger partial charge on any atom is -0.314 e. The highest BCUT2D eigenvalue weighted by Gasteiger charge is 2.31. The van der Waals surface area contributed by atoms with E-state index >= 15 is 0 Å². The summed E-state index contributed by atoms with van der Waals surface area (Å²) in [5.41, 5.74) is 3.23. The third-order valence-corrected chi connectivity index (χ3v) is 4.92. The zero-order valence-electron chi connectivity index (χ0n) is 13.0. The molecule has 0 radical (unpaired) electrons. The second-order valence-electron chi connectivity index (χ2n) is 6.39. The number of benzene rings is 2. The number of carbonyl (C=O) groups is 2. The van der Waals surface area contributed by atoms with E-state index in [4.69, 9.17) is 0 Å². The van der Waals surface area contributed by atoms with Gasteiger partial charge in [-0.1, -0.05) is 48.9 Å². The lowest BCUT2D eigenvalue weighted by atomic mass is 9.80. The molecule has 0 saturated carbocycles. The quantitative estimate of drug-likeness (QED) is 0.791. The maximum Gasteiger partial charge on any atom is 0.194 e. The van der Waals surface area contributed by atoms with Crippen LogP contribution in [0.25, 0.3) is 0 Å². The van der Waals surface area contributed by atoms with E-state index in [0.717, 1.165) is 24.9 Å². The molecular formula is C20H19NO2. The van der Waals surface area contributed by atoms with Crippen LogP contribution in [-0.2, 0) is 6.42 Å². The maximum absolute atomic E-state index is 12.9. The van der Waals surface area contributed by atoms with Gasteiger partial charge in [0, 0.05) is 28.3 Å². The Morgan fingerprint density at radius 1 is 0.870 bits per heavy atom. The van der Waals surface area contributed by atoms with Crippen LogP contribution in [0.3, 0.4) is 0 Å². The van der Waals surface area contributed by atoms with Gasteiger partial charge < -0.3 is 5.32 Å². The van der Waals surface area contributed by atoms with Crippen LogP contribution in [-0.4, -0.2) is 24.2 Å². The molecule has 3 nitrogen and oxygen atoms in total. The summed E-state index contributed by atoms with van der Waals surface area (Å²) in [5, 5.41) is 3.52. The van der Waals surface area contributed by atoms with E-state index in [1.165, 1.54) is 12.8 Å². The van der Waals surface area contributed by atoms with Crippen LogP contribution in [0.5, 0.6) is 0 Å². The van der Waals surface area contributed by atoms with E-state index in [9.17, 15) is 9.59 Å². The largest absolute Gasteiger partial charge is 0.314 e. The van der Waals surface area contributed by atoms with Crippen molar-refractivity contribution in [2.75, 3.05) is 6.54 Å². The average Bonchev–Trinajstić information content (AvgIpc) is 2.60. The van der Waals surface area contributed by atoms with Gasteiger partial charge in [0.15, 0.2) is 11.6 Å². The summed E-state index contributed by atoms with van der Waals surface area (Å²) in [6.45, 7) is 1.04. The highest BCUT2D eigenvalue weighted by Crippen LogP contribution is 2.30. The van der Waals surface area contributed by atoms with Crippen molar-refractivity contribution in [3.05, 3.63) is 70.3 Å². The minimum absolute atomic E-state index is 0.0124. The molecule has 23 heavy (non-hydrogen) atoms. The Hall–Kier alpha value is -2.26. The second-order valence-corrected chi connectivity index (χ2v) is 6.39. The maximum atomic E-state index is 12.9. The van der Waals surface area contributed by atoms with Crippen LogP contribution in [0.2, 0.25) is 0 Å². The van der Waals surface area contributed by atoms with Crippen LogP contribution in [0, 0.1) is 0 Å². The Bertz CT molecular complexity index is 788. The van der Waals surface area contributed by atoms with E-state index < -0.39 is 0 Å². The van der Waals surface area contributed by atoms with Gasteiger partial charge in [-0.2, -0.15) is 0 Å². The molecule has 0 aromatic heterocycles. The molecule has 0 amide bonds. The van der Waals surface area contributed by atoms with Crippen LogP contribution in [0.1, 0.15) is 56.7 Å². The van der Waals surface area contributed by atoms with Gasteiger partial charge in [-0.15, -0.1) is 0 Å². The highest BCUT2D eigenvalue weighted by molar-refractivity contribution is 6.28. The molecule has 2 aliphatic rings. The van der Waals surface area contributed by atoms with Crippen molar-refractivity contribution in [1.82, 2.24) is 5.32 Å². The molecule has 2 aromatic carbocycles. The van der Waals surface area contributed by atoms with Gasteiger partial charge >= 0.3 is 0 Å². The summed E-state index contributed by atoms with van der Waals surface area (Å²) in [4.78, 5) is 25.7. The molecule has 1 N–H and O–H groups in total. The first-order valence-electron chi connectivity index (χ1n) is 8.29. The van der Waals surface area contributed by atoms with Gasteiger partial charge in [0.1, 0.15) is 0 Å². The van der Waals surface area contributed by atoms with Crippen molar-refractivity contribution in [3.8, 4) is 0 Å². The smallest absolute Gasteiger partial charge is 0.194 e. The highest BCUT2D eigenvalue weighted by atomic mass is 16.1. The molecule has 1 unspecified atom stereocenters. The van der Waals surface area contributed by atoms with E-state index in [2.05, 4.69) is 5.32 Å². The lowest BCUT2D eigenvalue weighted by Crippen LogP contribution is -2.36. The number of hydrogen-bond donors (Lipinski definition) is 1. The van der Waals surface area contributed by atoms with Crippen LogP contribution >= 0.6 is 0 Å². The fraction of sp³-hybridized carbons (Fsp3) is 0.300. The van der Waals surface area contributed by atoms with Crippen LogP contribution < -0.4 is 5.32 Å². The Morgan fingerprint density at radius 3 is 2.35 bits per heavy atom. The third-order valence-electron chi connectivity index (χ3n) is 4.92. The Labute approximate surface area is 135 Å². The average molecular weight is 305 g/mol. The van der Waals surface area contributed by atoms with E-state index in [1.807, 2.05) is 24.3 Å². The molecule has 1 saturated heterocycles. The molecule has 1 fully saturated rings. The Morgan fingerprint density at radius 2 is 1.61 bits per heavy atom. The SMILES string of the molecule is O=C1c2ccccc2C(=O)c2c(CC3CCCCN3)cccc21. The molecule has 3 heteroatoms. The normalized spacial score (nSPS) is 20.1. The fourth-order valence-corrected chi connectivity index (χ4v) is 3.75. The first-order valence-corrected chi connectivity index (χ1v) is 8.29. The number of fused-ring (bicyclic) bond motifs is 2. The molecule has 1 aliphatic carbocycles. The molecule has 116 valence electrons. The molecule has 4 rings (SSSR count). The monoisotopic (exact) mass is 305 g/mol. The summed E-state index contributed by atoms with van der Waals surface area (Å²) in [6, 6.07) is 13.2. The van der Waals surface area contributed by atoms with E-state index in [0.29, 0.717) is 28.3 Å².